The third-order valence-electron chi connectivity index (χ3n) is 6.62. The van der Waals surface area contributed by atoms with Gasteiger partial charge in [0.05, 0.1) is 23.0 Å². The van der Waals surface area contributed by atoms with Crippen molar-refractivity contribution >= 4 is 11.7 Å². The number of nitrogens with one attached hydrogen (secondary N) is 2. The van der Waals surface area contributed by atoms with Crippen LogP contribution in [0.25, 0.3) is 0 Å². The van der Waals surface area contributed by atoms with Crippen molar-refractivity contribution in [2.24, 2.45) is 11.3 Å². The SMILES string of the molecule is CC(C)(Cc1cccc(CCN[C@H](c2ccccc2)[C@H]2CNc3cc(F)cnc3C2)c1)C(=O)OF. The largest absolute Gasteiger partial charge is 0.383 e. The fourth-order valence-electron chi connectivity index (χ4n) is 4.75. The lowest BCUT2D eigenvalue weighted by atomic mass is 9.85. The summed E-state index contributed by atoms with van der Waals surface area (Å²) in [5.74, 6) is -0.948. The molecule has 3 aromatic rings. The number of benzene rings is 2. The van der Waals surface area contributed by atoms with Crippen molar-refractivity contribution in [3.8, 4) is 0 Å². The van der Waals surface area contributed by atoms with E-state index in [0.29, 0.717) is 6.42 Å². The highest BCUT2D eigenvalue weighted by Crippen LogP contribution is 2.32. The first-order valence-electron chi connectivity index (χ1n) is 11.9. The number of hydrogen-bond acceptors (Lipinski definition) is 5. The first-order valence-corrected chi connectivity index (χ1v) is 11.9. The predicted octanol–water partition coefficient (Wildman–Crippen LogP) is 5.37. The van der Waals surface area contributed by atoms with Gasteiger partial charge in [-0.05, 0) is 56.3 Å². The molecule has 184 valence electrons. The maximum Gasteiger partial charge on any atom is 0.354 e. The monoisotopic (exact) mass is 479 g/mol. The number of anilines is 1. The number of aromatic nitrogens is 1. The quantitative estimate of drug-likeness (QED) is 0.432. The molecule has 1 aliphatic rings. The molecule has 2 aromatic carbocycles. The number of hydrogen-bond donors (Lipinski definition) is 2. The normalized spacial score (nSPS) is 16.2. The van der Waals surface area contributed by atoms with E-state index >= 15 is 0 Å². The summed E-state index contributed by atoms with van der Waals surface area (Å²) in [5, 5.41) is 7.07. The molecule has 4 rings (SSSR count). The van der Waals surface area contributed by atoms with Crippen LogP contribution in [-0.4, -0.2) is 24.0 Å². The number of pyridine rings is 1. The lowest BCUT2D eigenvalue weighted by molar-refractivity contribution is -0.194. The molecule has 0 fully saturated rings. The van der Waals surface area contributed by atoms with Crippen molar-refractivity contribution in [2.45, 2.75) is 39.2 Å². The van der Waals surface area contributed by atoms with Crippen LogP contribution in [0.1, 0.15) is 42.3 Å². The maximum absolute atomic E-state index is 13.6. The zero-order valence-corrected chi connectivity index (χ0v) is 20.1. The average molecular weight is 480 g/mol. The van der Waals surface area contributed by atoms with Gasteiger partial charge in [0.15, 0.2) is 0 Å². The Hall–Kier alpha value is -3.32. The summed E-state index contributed by atoms with van der Waals surface area (Å²) in [6.45, 7) is 4.82. The zero-order valence-electron chi connectivity index (χ0n) is 20.1. The fraction of sp³-hybridized carbons (Fsp3) is 0.357. The highest BCUT2D eigenvalue weighted by atomic mass is 19.3. The lowest BCUT2D eigenvalue weighted by Gasteiger charge is -2.33. The van der Waals surface area contributed by atoms with Crippen LogP contribution in [-0.2, 0) is 29.0 Å². The van der Waals surface area contributed by atoms with Gasteiger partial charge in [0.2, 0.25) is 0 Å². The van der Waals surface area contributed by atoms with E-state index in [1.54, 1.807) is 13.8 Å². The van der Waals surface area contributed by atoms with Gasteiger partial charge >= 0.3 is 5.97 Å². The summed E-state index contributed by atoms with van der Waals surface area (Å²) >= 11 is 0. The van der Waals surface area contributed by atoms with E-state index < -0.39 is 11.4 Å². The summed E-state index contributed by atoms with van der Waals surface area (Å²) in [5.41, 5.74) is 4.01. The van der Waals surface area contributed by atoms with Gasteiger partial charge in [-0.3, -0.25) is 9.93 Å². The van der Waals surface area contributed by atoms with Gasteiger partial charge in [0, 0.05) is 29.1 Å². The van der Waals surface area contributed by atoms with Crippen LogP contribution in [0.4, 0.5) is 14.6 Å². The van der Waals surface area contributed by atoms with Crippen molar-refractivity contribution < 1.29 is 18.7 Å². The summed E-state index contributed by atoms with van der Waals surface area (Å²) in [7, 11) is 0. The smallest absolute Gasteiger partial charge is 0.354 e. The van der Waals surface area contributed by atoms with Crippen LogP contribution < -0.4 is 10.6 Å². The molecule has 2 N–H and O–H groups in total. The first kappa shape index (κ1) is 24.8. The van der Waals surface area contributed by atoms with Crippen molar-refractivity contribution in [1.82, 2.24) is 10.3 Å². The Kier molecular flexibility index (Phi) is 7.76. The van der Waals surface area contributed by atoms with E-state index in [2.05, 4.69) is 44.8 Å². The van der Waals surface area contributed by atoms with E-state index in [-0.39, 0.29) is 17.8 Å². The van der Waals surface area contributed by atoms with Gasteiger partial charge in [-0.2, -0.15) is 0 Å². The minimum Gasteiger partial charge on any atom is -0.383 e. The van der Waals surface area contributed by atoms with Crippen molar-refractivity contribution in [3.05, 3.63) is 95.1 Å². The van der Waals surface area contributed by atoms with E-state index in [9.17, 15) is 13.7 Å². The second kappa shape index (κ2) is 11.0. The fourth-order valence-corrected chi connectivity index (χ4v) is 4.75. The highest BCUT2D eigenvalue weighted by molar-refractivity contribution is 5.75. The topological polar surface area (TPSA) is 63.2 Å². The van der Waals surface area contributed by atoms with Gasteiger partial charge in [0.25, 0.3) is 0 Å². The molecule has 0 amide bonds. The van der Waals surface area contributed by atoms with E-state index in [4.69, 9.17) is 0 Å². The molecular weight excluding hydrogens is 448 g/mol. The van der Waals surface area contributed by atoms with E-state index in [1.807, 2.05) is 30.3 Å². The molecule has 2 heterocycles. The van der Waals surface area contributed by atoms with Crippen molar-refractivity contribution in [1.29, 1.82) is 0 Å². The molecule has 2 atom stereocenters. The third kappa shape index (κ3) is 6.22. The molecule has 7 heteroatoms. The number of nitrogens with zero attached hydrogens (tertiary/aromatic N) is 1. The maximum atomic E-state index is 13.6. The molecule has 1 aliphatic heterocycles. The van der Waals surface area contributed by atoms with Crippen LogP contribution in [0.5, 0.6) is 0 Å². The third-order valence-corrected chi connectivity index (χ3v) is 6.62. The molecule has 5 nitrogen and oxygen atoms in total. The van der Waals surface area contributed by atoms with Crippen LogP contribution in [0.2, 0.25) is 0 Å². The zero-order chi connectivity index (χ0) is 24.8. The minimum atomic E-state index is -0.939. The van der Waals surface area contributed by atoms with Crippen LogP contribution in [0, 0.1) is 17.2 Å². The van der Waals surface area contributed by atoms with Gasteiger partial charge < -0.3 is 10.6 Å². The lowest BCUT2D eigenvalue weighted by Crippen LogP contribution is -2.37. The molecule has 0 spiro atoms. The number of halogens is 2. The Bertz CT molecular complexity index is 1150. The Morgan fingerprint density at radius 2 is 1.94 bits per heavy atom. The Morgan fingerprint density at radius 1 is 1.17 bits per heavy atom. The van der Waals surface area contributed by atoms with Crippen LogP contribution in [0.3, 0.4) is 0 Å². The number of carbonyl (C=O) groups is 1. The minimum absolute atomic E-state index is 0.102. The summed E-state index contributed by atoms with van der Waals surface area (Å²) in [6, 6.07) is 20.0. The van der Waals surface area contributed by atoms with E-state index in [1.165, 1.54) is 17.8 Å². The number of carbonyl (C=O) groups excluding carboxylic acids is 1. The van der Waals surface area contributed by atoms with Gasteiger partial charge in [0.1, 0.15) is 5.82 Å². The first-order chi connectivity index (χ1) is 16.9. The summed E-state index contributed by atoms with van der Waals surface area (Å²) < 4.78 is 26.0. The highest BCUT2D eigenvalue weighted by Gasteiger charge is 2.31. The molecule has 35 heavy (non-hydrogen) atoms. The standard InChI is InChI=1S/C28H31F2N3O2/c1-28(2,27(34)35-30)16-20-8-6-7-19(13-20)11-12-31-26(21-9-4-3-5-10-21)22-14-24-25(32-17-22)15-23(29)18-33-24/h3-10,13,15,18,22,26,31-32H,11-12,14,16-17H2,1-2H3/t22-,26-/m1/s1. The second-order valence-corrected chi connectivity index (χ2v) is 9.83. The number of rotatable bonds is 9. The molecule has 0 saturated carbocycles. The van der Waals surface area contributed by atoms with Crippen LogP contribution >= 0.6 is 0 Å². The molecule has 1 aromatic heterocycles. The van der Waals surface area contributed by atoms with Gasteiger partial charge in [-0.15, -0.1) is 0 Å². The average Bonchev–Trinajstić information content (AvgIpc) is 2.86. The Morgan fingerprint density at radius 3 is 2.71 bits per heavy atom. The molecular formula is C28H31F2N3O2. The molecule has 0 unspecified atom stereocenters. The van der Waals surface area contributed by atoms with Gasteiger partial charge in [-0.1, -0.05) is 54.6 Å². The molecule has 0 saturated heterocycles. The van der Waals surface area contributed by atoms with Gasteiger partial charge in [-0.25, -0.2) is 9.18 Å². The van der Waals surface area contributed by atoms with E-state index in [0.717, 1.165) is 48.4 Å². The Balaban J connectivity index is 1.43. The number of fused-ring (bicyclic) bond motifs is 1. The van der Waals surface area contributed by atoms with Crippen LogP contribution in [0.15, 0.2) is 66.9 Å². The van der Waals surface area contributed by atoms with Crippen molar-refractivity contribution in [2.75, 3.05) is 18.4 Å². The Labute approximate surface area is 204 Å². The molecule has 0 radical (unpaired) electrons. The summed E-state index contributed by atoms with van der Waals surface area (Å²) in [6.07, 6.45) is 3.22. The predicted molar refractivity (Wildman–Crippen MR) is 132 cm³/mol. The molecule has 0 aliphatic carbocycles. The second-order valence-electron chi connectivity index (χ2n) is 9.83. The molecule has 0 bridgehead atoms. The van der Waals surface area contributed by atoms with Crippen molar-refractivity contribution in [3.63, 3.8) is 0 Å². The summed E-state index contributed by atoms with van der Waals surface area (Å²) in [4.78, 5) is 19.5.